The number of aryl methyl sites for hydroxylation is 2. The molecule has 1 aliphatic heterocycles. The first-order chi connectivity index (χ1) is 16.3. The molecule has 0 unspecified atom stereocenters. The summed E-state index contributed by atoms with van der Waals surface area (Å²) in [6, 6.07) is 5.27. The summed E-state index contributed by atoms with van der Waals surface area (Å²) in [6.07, 6.45) is 6.15. The summed E-state index contributed by atoms with van der Waals surface area (Å²) in [4.78, 5) is 23.1. The fourth-order valence-electron chi connectivity index (χ4n) is 4.33. The van der Waals surface area contributed by atoms with Crippen LogP contribution in [0.2, 0.25) is 0 Å². The van der Waals surface area contributed by atoms with Gasteiger partial charge in [0.15, 0.2) is 0 Å². The first-order valence-corrected chi connectivity index (χ1v) is 13.7. The number of aromatic nitrogens is 3. The van der Waals surface area contributed by atoms with Crippen molar-refractivity contribution in [3.63, 3.8) is 0 Å². The molecule has 11 heteroatoms. The van der Waals surface area contributed by atoms with Crippen LogP contribution in [0.3, 0.4) is 0 Å². The molecule has 1 saturated carbocycles. The second-order valence-corrected chi connectivity index (χ2v) is 12.2. The lowest BCUT2D eigenvalue weighted by atomic mass is 9.85. The zero-order valence-electron chi connectivity index (χ0n) is 19.2. The number of thiophene rings is 1. The second kappa shape index (κ2) is 9.20. The van der Waals surface area contributed by atoms with E-state index in [1.165, 1.54) is 22.1 Å². The Hall–Kier alpha value is -2.63. The molecule has 9 nitrogen and oxygen atoms in total. The van der Waals surface area contributed by atoms with Gasteiger partial charge in [-0.3, -0.25) is 4.79 Å². The lowest BCUT2D eigenvalue weighted by Crippen LogP contribution is -2.43. The van der Waals surface area contributed by atoms with Gasteiger partial charge in [-0.2, -0.15) is 9.29 Å². The number of piperidine rings is 1. The van der Waals surface area contributed by atoms with Crippen molar-refractivity contribution in [1.29, 1.82) is 0 Å². The van der Waals surface area contributed by atoms with E-state index in [1.807, 2.05) is 13.0 Å². The van der Waals surface area contributed by atoms with Gasteiger partial charge in [0.1, 0.15) is 5.82 Å². The molecule has 1 atom stereocenters. The molecule has 180 valence electrons. The van der Waals surface area contributed by atoms with E-state index in [4.69, 9.17) is 4.52 Å². The Morgan fingerprint density at radius 1 is 1.21 bits per heavy atom. The summed E-state index contributed by atoms with van der Waals surface area (Å²) in [5.41, 5.74) is 0.989. The average Bonchev–Trinajstić information content (AvgIpc) is 3.40. The number of carbonyl (C=O) groups is 1. The highest BCUT2D eigenvalue weighted by atomic mass is 32.2. The maximum atomic E-state index is 13.5. The molecule has 1 N–H and O–H groups in total. The van der Waals surface area contributed by atoms with Gasteiger partial charge in [-0.15, -0.1) is 11.3 Å². The van der Waals surface area contributed by atoms with Crippen molar-refractivity contribution in [2.75, 3.05) is 18.4 Å². The SMILES string of the molecule is Cc1ccnc(NC(=O)[C@H]2CCCN(S(=O)(=O)c3cc(-c4noc(C5CCC5)n4)sc3C)C2)c1. The van der Waals surface area contributed by atoms with Gasteiger partial charge in [-0.1, -0.05) is 11.6 Å². The zero-order valence-corrected chi connectivity index (χ0v) is 20.8. The topological polar surface area (TPSA) is 118 Å². The third-order valence-electron chi connectivity index (χ3n) is 6.53. The monoisotopic (exact) mass is 501 g/mol. The van der Waals surface area contributed by atoms with Crippen molar-refractivity contribution < 1.29 is 17.7 Å². The van der Waals surface area contributed by atoms with Crippen LogP contribution in [0, 0.1) is 19.8 Å². The molecular formula is C23H27N5O4S2. The lowest BCUT2D eigenvalue weighted by Gasteiger charge is -2.31. The van der Waals surface area contributed by atoms with Crippen molar-refractivity contribution in [2.24, 2.45) is 5.92 Å². The van der Waals surface area contributed by atoms with Crippen molar-refractivity contribution in [3.05, 3.63) is 40.7 Å². The maximum absolute atomic E-state index is 13.5. The van der Waals surface area contributed by atoms with E-state index in [2.05, 4.69) is 20.4 Å². The van der Waals surface area contributed by atoms with Gasteiger partial charge in [0, 0.05) is 30.1 Å². The largest absolute Gasteiger partial charge is 0.339 e. The predicted molar refractivity (Wildman–Crippen MR) is 128 cm³/mol. The molecule has 0 spiro atoms. The molecule has 3 aromatic rings. The molecular weight excluding hydrogens is 474 g/mol. The molecule has 1 saturated heterocycles. The van der Waals surface area contributed by atoms with E-state index in [9.17, 15) is 13.2 Å². The first kappa shape index (κ1) is 23.1. The van der Waals surface area contributed by atoms with E-state index in [0.717, 1.165) is 18.4 Å². The number of nitrogens with zero attached hydrogens (tertiary/aromatic N) is 4. The van der Waals surface area contributed by atoms with Crippen LogP contribution in [0.4, 0.5) is 5.82 Å². The number of hydrogen-bond acceptors (Lipinski definition) is 8. The number of nitrogens with one attached hydrogen (secondary N) is 1. The Morgan fingerprint density at radius 2 is 2.03 bits per heavy atom. The van der Waals surface area contributed by atoms with Crippen LogP contribution in [-0.4, -0.2) is 46.8 Å². The molecule has 0 aromatic carbocycles. The number of pyridine rings is 1. The van der Waals surface area contributed by atoms with Gasteiger partial charge in [-0.05, 0) is 63.3 Å². The van der Waals surface area contributed by atoms with E-state index in [1.54, 1.807) is 25.3 Å². The Morgan fingerprint density at radius 3 is 2.76 bits per heavy atom. The van der Waals surface area contributed by atoms with Gasteiger partial charge in [0.2, 0.25) is 27.6 Å². The van der Waals surface area contributed by atoms with Crippen LogP contribution in [0.25, 0.3) is 10.7 Å². The molecule has 2 fully saturated rings. The minimum atomic E-state index is -3.77. The van der Waals surface area contributed by atoms with Crippen LogP contribution in [0.15, 0.2) is 33.8 Å². The molecule has 0 radical (unpaired) electrons. The van der Waals surface area contributed by atoms with Crippen LogP contribution >= 0.6 is 11.3 Å². The third kappa shape index (κ3) is 4.51. The normalized spacial score (nSPS) is 19.6. The zero-order chi connectivity index (χ0) is 23.9. The molecule has 1 amide bonds. The minimum absolute atomic E-state index is 0.138. The molecule has 0 bridgehead atoms. The highest BCUT2D eigenvalue weighted by molar-refractivity contribution is 7.89. The third-order valence-corrected chi connectivity index (χ3v) is 9.70. The Labute approximate surface area is 202 Å². The molecule has 3 aromatic heterocycles. The number of carbonyl (C=O) groups excluding carboxylic acids is 1. The second-order valence-electron chi connectivity index (χ2n) is 9.03. The molecule has 1 aliphatic carbocycles. The van der Waals surface area contributed by atoms with Gasteiger partial charge < -0.3 is 9.84 Å². The number of sulfonamides is 1. The van der Waals surface area contributed by atoms with E-state index in [-0.39, 0.29) is 17.3 Å². The smallest absolute Gasteiger partial charge is 0.244 e. The quantitative estimate of drug-likeness (QED) is 0.540. The van der Waals surface area contributed by atoms with Gasteiger partial charge in [0.25, 0.3) is 0 Å². The summed E-state index contributed by atoms with van der Waals surface area (Å²) < 4.78 is 33.9. The molecule has 2 aliphatic rings. The van der Waals surface area contributed by atoms with Crippen molar-refractivity contribution >= 4 is 33.1 Å². The Bertz CT molecular complexity index is 1310. The fraction of sp³-hybridized carbons (Fsp3) is 0.478. The van der Waals surface area contributed by atoms with E-state index >= 15 is 0 Å². The first-order valence-electron chi connectivity index (χ1n) is 11.5. The van der Waals surface area contributed by atoms with Crippen LogP contribution in [0.5, 0.6) is 0 Å². The summed E-state index contributed by atoms with van der Waals surface area (Å²) in [7, 11) is -3.77. The van der Waals surface area contributed by atoms with Gasteiger partial charge >= 0.3 is 0 Å². The standard InChI is InChI=1S/C23H27N5O4S2/c1-14-8-9-24-20(11-14)25-22(29)17-7-4-10-28(13-17)34(30,31)19-12-18(33-15(19)2)21-26-23(32-27-21)16-5-3-6-16/h8-9,11-12,16-17H,3-7,10,13H2,1-2H3,(H,24,25,29)/t17-/m0/s1. The van der Waals surface area contributed by atoms with Gasteiger partial charge in [-0.25, -0.2) is 13.4 Å². The summed E-state index contributed by atoms with van der Waals surface area (Å²) in [5.74, 6) is 1.20. The Balaban J connectivity index is 1.32. The van der Waals surface area contributed by atoms with Gasteiger partial charge in [0.05, 0.1) is 15.7 Å². The van der Waals surface area contributed by atoms with E-state index in [0.29, 0.717) is 52.6 Å². The van der Waals surface area contributed by atoms with Crippen molar-refractivity contribution in [2.45, 2.75) is 56.8 Å². The summed E-state index contributed by atoms with van der Waals surface area (Å²) in [5, 5.41) is 6.90. The fourth-order valence-corrected chi connectivity index (χ4v) is 7.34. The number of amides is 1. The van der Waals surface area contributed by atoms with Crippen LogP contribution in [0.1, 0.15) is 54.4 Å². The number of rotatable bonds is 6. The number of anilines is 1. The summed E-state index contributed by atoms with van der Waals surface area (Å²) in [6.45, 7) is 4.23. The molecule has 5 rings (SSSR count). The van der Waals surface area contributed by atoms with Crippen LogP contribution < -0.4 is 5.32 Å². The summed E-state index contributed by atoms with van der Waals surface area (Å²) >= 11 is 1.34. The van der Waals surface area contributed by atoms with Crippen LogP contribution in [-0.2, 0) is 14.8 Å². The van der Waals surface area contributed by atoms with Crippen molar-refractivity contribution in [3.8, 4) is 10.7 Å². The highest BCUT2D eigenvalue weighted by Crippen LogP contribution is 2.38. The lowest BCUT2D eigenvalue weighted by molar-refractivity contribution is -0.120. The van der Waals surface area contributed by atoms with E-state index < -0.39 is 15.9 Å². The highest BCUT2D eigenvalue weighted by Gasteiger charge is 2.35. The minimum Gasteiger partial charge on any atom is -0.339 e. The Kier molecular flexibility index (Phi) is 6.26. The number of hydrogen-bond donors (Lipinski definition) is 1. The predicted octanol–water partition coefficient (Wildman–Crippen LogP) is 4.12. The van der Waals surface area contributed by atoms with Crippen molar-refractivity contribution in [1.82, 2.24) is 19.4 Å². The molecule has 4 heterocycles. The maximum Gasteiger partial charge on any atom is 0.244 e. The average molecular weight is 502 g/mol. The molecule has 34 heavy (non-hydrogen) atoms.